The maximum atomic E-state index is 12.9. The molecule has 1 heterocycles. The minimum Gasteiger partial charge on any atom is -0.370 e. The van der Waals surface area contributed by atoms with E-state index in [4.69, 9.17) is 26.6 Å². The summed E-state index contributed by atoms with van der Waals surface area (Å²) in [5.74, 6) is 0.472. The van der Waals surface area contributed by atoms with Crippen molar-refractivity contribution in [2.24, 2.45) is 5.73 Å². The van der Waals surface area contributed by atoms with Crippen LogP contribution in [0, 0.1) is 5.82 Å². The molecule has 1 aromatic heterocycles. The summed E-state index contributed by atoms with van der Waals surface area (Å²) in [5, 5.41) is 4.14. The first-order chi connectivity index (χ1) is 9.19. The van der Waals surface area contributed by atoms with Crippen molar-refractivity contribution in [2.45, 2.75) is 13.0 Å². The van der Waals surface area contributed by atoms with Crippen LogP contribution in [0.1, 0.15) is 17.3 Å². The summed E-state index contributed by atoms with van der Waals surface area (Å²) < 4.78 is 23.1. The summed E-state index contributed by atoms with van der Waals surface area (Å²) in [6.07, 6.45) is 0.375. The summed E-state index contributed by atoms with van der Waals surface area (Å²) in [4.78, 5) is 4.14. The van der Waals surface area contributed by atoms with E-state index in [0.29, 0.717) is 36.3 Å². The lowest BCUT2D eigenvalue weighted by atomic mass is 10.1. The van der Waals surface area contributed by atoms with Gasteiger partial charge in [0.25, 0.3) is 5.89 Å². The van der Waals surface area contributed by atoms with Crippen LogP contribution in [0.25, 0.3) is 0 Å². The van der Waals surface area contributed by atoms with E-state index in [1.54, 1.807) is 6.07 Å². The van der Waals surface area contributed by atoms with Crippen LogP contribution in [0.4, 0.5) is 4.39 Å². The number of nitrogens with zero attached hydrogens (tertiary/aromatic N) is 2. The summed E-state index contributed by atoms with van der Waals surface area (Å²) >= 11 is 5.92. The topological polar surface area (TPSA) is 74.2 Å². The average molecular weight is 286 g/mol. The summed E-state index contributed by atoms with van der Waals surface area (Å²) in [5.41, 5.74) is 6.03. The summed E-state index contributed by atoms with van der Waals surface area (Å²) in [6.45, 7) is 1.09. The predicted molar refractivity (Wildman–Crippen MR) is 67.2 cm³/mol. The molecule has 102 valence electrons. The second-order valence-corrected chi connectivity index (χ2v) is 4.27. The molecule has 19 heavy (non-hydrogen) atoms. The Morgan fingerprint density at radius 3 is 3.00 bits per heavy atom. The Balaban J connectivity index is 1.99. The molecule has 5 nitrogen and oxygen atoms in total. The Hall–Kier alpha value is -1.50. The van der Waals surface area contributed by atoms with E-state index in [0.717, 1.165) is 5.56 Å². The first-order valence-corrected chi connectivity index (χ1v) is 6.10. The molecule has 2 rings (SSSR count). The van der Waals surface area contributed by atoms with Gasteiger partial charge in [0.15, 0.2) is 5.82 Å². The van der Waals surface area contributed by atoms with E-state index >= 15 is 0 Å². The molecule has 0 saturated carbocycles. The van der Waals surface area contributed by atoms with Crippen LogP contribution in [-0.4, -0.2) is 23.3 Å². The Bertz CT molecular complexity index is 548. The van der Waals surface area contributed by atoms with Gasteiger partial charge in [-0.15, -0.1) is 0 Å². The van der Waals surface area contributed by atoms with Crippen molar-refractivity contribution in [3.8, 4) is 0 Å². The number of halogens is 2. The van der Waals surface area contributed by atoms with E-state index in [9.17, 15) is 4.39 Å². The fourth-order valence-corrected chi connectivity index (χ4v) is 1.73. The summed E-state index contributed by atoms with van der Waals surface area (Å²) in [7, 11) is 0. The fourth-order valence-electron chi connectivity index (χ4n) is 1.50. The number of hydrogen-bond acceptors (Lipinski definition) is 5. The first-order valence-electron chi connectivity index (χ1n) is 5.72. The van der Waals surface area contributed by atoms with Gasteiger partial charge in [-0.05, 0) is 17.7 Å². The number of hydrogen-bond donors (Lipinski definition) is 1. The van der Waals surface area contributed by atoms with E-state index in [2.05, 4.69) is 10.1 Å². The molecular formula is C12H13ClFN3O2. The molecule has 7 heteroatoms. The zero-order valence-electron chi connectivity index (χ0n) is 10.1. The Kier molecular flexibility index (Phi) is 4.84. The van der Waals surface area contributed by atoms with E-state index in [1.165, 1.54) is 12.1 Å². The molecule has 0 bridgehead atoms. The van der Waals surface area contributed by atoms with Crippen LogP contribution in [0.15, 0.2) is 22.7 Å². The molecular weight excluding hydrogens is 273 g/mol. The van der Waals surface area contributed by atoms with Crippen LogP contribution < -0.4 is 5.73 Å². The molecule has 2 N–H and O–H groups in total. The maximum absolute atomic E-state index is 12.9. The SMILES string of the molecule is NCCOCc1nc(Cc2ccc(F)cc2Cl)no1. The smallest absolute Gasteiger partial charge is 0.252 e. The van der Waals surface area contributed by atoms with Gasteiger partial charge in [-0.25, -0.2) is 4.39 Å². The van der Waals surface area contributed by atoms with Crippen molar-refractivity contribution in [1.29, 1.82) is 0 Å². The first kappa shape index (κ1) is 13.9. The van der Waals surface area contributed by atoms with Crippen molar-refractivity contribution in [2.75, 3.05) is 13.2 Å². The lowest BCUT2D eigenvalue weighted by molar-refractivity contribution is 0.104. The van der Waals surface area contributed by atoms with Gasteiger partial charge >= 0.3 is 0 Å². The standard InChI is InChI=1S/C12H13ClFN3O2/c13-10-6-9(14)2-1-8(10)5-11-16-12(19-17-11)7-18-4-3-15/h1-2,6H,3-5,7,15H2. The number of ether oxygens (including phenoxy) is 1. The number of benzene rings is 1. The Morgan fingerprint density at radius 1 is 1.42 bits per heavy atom. The van der Waals surface area contributed by atoms with Crippen molar-refractivity contribution in [3.63, 3.8) is 0 Å². The van der Waals surface area contributed by atoms with Gasteiger partial charge in [-0.2, -0.15) is 4.98 Å². The zero-order valence-corrected chi connectivity index (χ0v) is 10.9. The van der Waals surface area contributed by atoms with Crippen molar-refractivity contribution >= 4 is 11.6 Å². The molecule has 1 aromatic carbocycles. The third-order valence-corrected chi connectivity index (χ3v) is 2.71. The highest BCUT2D eigenvalue weighted by Crippen LogP contribution is 2.19. The minimum atomic E-state index is -0.377. The van der Waals surface area contributed by atoms with Crippen molar-refractivity contribution in [1.82, 2.24) is 10.1 Å². The molecule has 0 aliphatic heterocycles. The molecule has 0 unspecified atom stereocenters. The van der Waals surface area contributed by atoms with Crippen molar-refractivity contribution < 1.29 is 13.7 Å². The highest BCUT2D eigenvalue weighted by atomic mass is 35.5. The number of rotatable bonds is 6. The largest absolute Gasteiger partial charge is 0.370 e. The van der Waals surface area contributed by atoms with E-state index < -0.39 is 0 Å². The van der Waals surface area contributed by atoms with Crippen LogP contribution in [-0.2, 0) is 17.8 Å². The second-order valence-electron chi connectivity index (χ2n) is 3.86. The van der Waals surface area contributed by atoms with E-state index in [1.807, 2.05) is 0 Å². The Morgan fingerprint density at radius 2 is 2.26 bits per heavy atom. The molecule has 0 atom stereocenters. The third kappa shape index (κ3) is 3.99. The van der Waals surface area contributed by atoms with Gasteiger partial charge in [-0.3, -0.25) is 0 Å². The molecule has 0 spiro atoms. The van der Waals surface area contributed by atoms with Gasteiger partial charge < -0.3 is 15.0 Å². The average Bonchev–Trinajstić information content (AvgIpc) is 2.81. The quantitative estimate of drug-likeness (QED) is 0.821. The Labute approximate surface area is 114 Å². The molecule has 0 radical (unpaired) electrons. The normalized spacial score (nSPS) is 10.9. The molecule has 0 aliphatic rings. The van der Waals surface area contributed by atoms with Gasteiger partial charge in [0.05, 0.1) is 6.61 Å². The van der Waals surface area contributed by atoms with Crippen LogP contribution in [0.3, 0.4) is 0 Å². The summed E-state index contributed by atoms with van der Waals surface area (Å²) in [6, 6.07) is 4.19. The van der Waals surface area contributed by atoms with Crippen LogP contribution in [0.2, 0.25) is 5.02 Å². The van der Waals surface area contributed by atoms with Crippen LogP contribution >= 0.6 is 11.6 Å². The van der Waals surface area contributed by atoms with Gasteiger partial charge in [0, 0.05) is 18.0 Å². The molecule has 0 saturated heterocycles. The number of nitrogens with two attached hydrogens (primary N) is 1. The monoisotopic (exact) mass is 285 g/mol. The van der Waals surface area contributed by atoms with Crippen molar-refractivity contribution in [3.05, 3.63) is 46.3 Å². The third-order valence-electron chi connectivity index (χ3n) is 2.36. The highest BCUT2D eigenvalue weighted by molar-refractivity contribution is 6.31. The lowest BCUT2D eigenvalue weighted by Gasteiger charge is -2.00. The molecule has 0 aliphatic carbocycles. The second kappa shape index (κ2) is 6.60. The maximum Gasteiger partial charge on any atom is 0.252 e. The molecule has 0 fully saturated rings. The zero-order chi connectivity index (χ0) is 13.7. The highest BCUT2D eigenvalue weighted by Gasteiger charge is 2.10. The lowest BCUT2D eigenvalue weighted by Crippen LogP contribution is -2.08. The van der Waals surface area contributed by atoms with Gasteiger partial charge in [0.1, 0.15) is 12.4 Å². The number of aromatic nitrogens is 2. The van der Waals surface area contributed by atoms with Gasteiger partial charge in [-0.1, -0.05) is 22.8 Å². The fraction of sp³-hybridized carbons (Fsp3) is 0.333. The van der Waals surface area contributed by atoms with Crippen LogP contribution in [0.5, 0.6) is 0 Å². The predicted octanol–water partition coefficient (Wildman–Crippen LogP) is 1.93. The van der Waals surface area contributed by atoms with Gasteiger partial charge in [0.2, 0.25) is 0 Å². The van der Waals surface area contributed by atoms with E-state index in [-0.39, 0.29) is 12.4 Å². The molecule has 2 aromatic rings. The molecule has 0 amide bonds. The minimum absolute atomic E-state index is 0.224.